The number of carbonyl (C=O) groups excluding carboxylic acids is 1. The van der Waals surface area contributed by atoms with E-state index in [9.17, 15) is 4.79 Å². The molecule has 0 fully saturated rings. The molecule has 2 rings (SSSR count). The van der Waals surface area contributed by atoms with Crippen molar-refractivity contribution in [2.45, 2.75) is 20.4 Å². The molecule has 0 unspecified atom stereocenters. The highest BCUT2D eigenvalue weighted by molar-refractivity contribution is 7.14. The number of nitrogens with zero attached hydrogens (tertiary/aromatic N) is 3. The number of nitrogens with one attached hydrogen (secondary N) is 2. The van der Waals surface area contributed by atoms with Gasteiger partial charge in [0.25, 0.3) is 0 Å². The van der Waals surface area contributed by atoms with Crippen LogP contribution < -0.4 is 10.6 Å². The van der Waals surface area contributed by atoms with Crippen molar-refractivity contribution in [1.82, 2.24) is 14.8 Å². The predicted octanol–water partition coefficient (Wildman–Crippen LogP) is 2.31. The number of hydrogen-bond donors (Lipinski definition) is 2. The van der Waals surface area contributed by atoms with Gasteiger partial charge in [0.2, 0.25) is 0 Å². The Bertz CT molecular complexity index is 518. The molecule has 0 saturated carbocycles. The van der Waals surface area contributed by atoms with Gasteiger partial charge in [0.05, 0.1) is 23.1 Å². The monoisotopic (exact) mass is 251 g/mol. The molecule has 0 aromatic carbocycles. The first-order valence-electron chi connectivity index (χ1n) is 5.19. The zero-order valence-electron chi connectivity index (χ0n) is 9.60. The summed E-state index contributed by atoms with van der Waals surface area (Å²) in [7, 11) is 0. The van der Waals surface area contributed by atoms with Crippen LogP contribution in [0, 0.1) is 6.92 Å². The molecule has 0 bridgehead atoms. The molecule has 2 heterocycles. The molecule has 7 heteroatoms. The van der Waals surface area contributed by atoms with E-state index in [0.29, 0.717) is 5.69 Å². The molecule has 2 N–H and O–H groups in total. The first-order chi connectivity index (χ1) is 8.19. The van der Waals surface area contributed by atoms with Gasteiger partial charge in [0, 0.05) is 12.7 Å². The number of thiazole rings is 1. The molecule has 0 aliphatic heterocycles. The van der Waals surface area contributed by atoms with Crippen LogP contribution in [0.5, 0.6) is 0 Å². The lowest BCUT2D eigenvalue weighted by molar-refractivity contribution is 0.262. The van der Waals surface area contributed by atoms with E-state index in [1.54, 1.807) is 22.6 Å². The quantitative estimate of drug-likeness (QED) is 0.879. The lowest BCUT2D eigenvalue weighted by Gasteiger charge is -2.03. The summed E-state index contributed by atoms with van der Waals surface area (Å²) in [5.41, 5.74) is 3.18. The Kier molecular flexibility index (Phi) is 3.38. The summed E-state index contributed by atoms with van der Waals surface area (Å²) < 4.78 is 1.74. The molecule has 0 saturated heterocycles. The van der Waals surface area contributed by atoms with Gasteiger partial charge in [-0.1, -0.05) is 0 Å². The molecule has 0 aliphatic rings. The minimum absolute atomic E-state index is 0.284. The standard InChI is InChI=1S/C10H13N5OS/c1-3-15-5-8(4-12-15)13-10(16)14-9-7(2)11-6-17-9/h4-6H,3H2,1-2H3,(H2,13,14,16). The first-order valence-corrected chi connectivity index (χ1v) is 6.07. The minimum Gasteiger partial charge on any atom is -0.305 e. The van der Waals surface area contributed by atoms with Crippen LogP contribution in [0.15, 0.2) is 17.9 Å². The second-order valence-corrected chi connectivity index (χ2v) is 4.29. The van der Waals surface area contributed by atoms with E-state index in [4.69, 9.17) is 0 Å². The van der Waals surface area contributed by atoms with E-state index in [-0.39, 0.29) is 6.03 Å². The molecule has 2 aromatic rings. The molecule has 17 heavy (non-hydrogen) atoms. The maximum Gasteiger partial charge on any atom is 0.324 e. The van der Waals surface area contributed by atoms with Crippen LogP contribution in [0.2, 0.25) is 0 Å². The van der Waals surface area contributed by atoms with Crippen LogP contribution in [-0.2, 0) is 6.54 Å². The van der Waals surface area contributed by atoms with Crippen LogP contribution in [-0.4, -0.2) is 20.8 Å². The molecule has 2 aromatic heterocycles. The van der Waals surface area contributed by atoms with Gasteiger partial charge >= 0.3 is 6.03 Å². The highest BCUT2D eigenvalue weighted by Gasteiger charge is 2.07. The highest BCUT2D eigenvalue weighted by atomic mass is 32.1. The number of aromatic nitrogens is 3. The minimum atomic E-state index is -0.284. The van der Waals surface area contributed by atoms with Gasteiger partial charge < -0.3 is 5.32 Å². The number of urea groups is 1. The van der Waals surface area contributed by atoms with Gasteiger partial charge in [-0.2, -0.15) is 5.10 Å². The van der Waals surface area contributed by atoms with Gasteiger partial charge in [-0.25, -0.2) is 9.78 Å². The lowest BCUT2D eigenvalue weighted by Crippen LogP contribution is -2.18. The SMILES string of the molecule is CCn1cc(NC(=O)Nc2scnc2C)cn1. The van der Waals surface area contributed by atoms with Gasteiger partial charge in [-0.05, 0) is 13.8 Å². The maximum absolute atomic E-state index is 11.6. The van der Waals surface area contributed by atoms with Crippen LogP contribution in [0.25, 0.3) is 0 Å². The highest BCUT2D eigenvalue weighted by Crippen LogP contribution is 2.18. The smallest absolute Gasteiger partial charge is 0.305 e. The topological polar surface area (TPSA) is 71.8 Å². The molecule has 90 valence electrons. The van der Waals surface area contributed by atoms with Crippen molar-refractivity contribution in [3.05, 3.63) is 23.6 Å². The third kappa shape index (κ3) is 2.82. The number of aryl methyl sites for hydroxylation is 2. The summed E-state index contributed by atoms with van der Waals surface area (Å²) in [6.07, 6.45) is 3.39. The van der Waals surface area contributed by atoms with Crippen LogP contribution >= 0.6 is 11.3 Å². The fraction of sp³-hybridized carbons (Fsp3) is 0.300. The van der Waals surface area contributed by atoms with Gasteiger partial charge in [-0.15, -0.1) is 11.3 Å². The van der Waals surface area contributed by atoms with E-state index >= 15 is 0 Å². The average Bonchev–Trinajstić information content (AvgIpc) is 2.89. The number of anilines is 2. The van der Waals surface area contributed by atoms with Crippen LogP contribution in [0.3, 0.4) is 0 Å². The van der Waals surface area contributed by atoms with Crippen molar-refractivity contribution in [3.63, 3.8) is 0 Å². The summed E-state index contributed by atoms with van der Waals surface area (Å²) >= 11 is 1.39. The fourth-order valence-electron chi connectivity index (χ4n) is 1.29. The molecule has 2 amide bonds. The van der Waals surface area contributed by atoms with Gasteiger partial charge in [0.15, 0.2) is 0 Å². The normalized spacial score (nSPS) is 10.2. The Labute approximate surface area is 103 Å². The maximum atomic E-state index is 11.6. The van der Waals surface area contributed by atoms with Crippen molar-refractivity contribution >= 4 is 28.1 Å². The van der Waals surface area contributed by atoms with E-state index in [1.807, 2.05) is 13.8 Å². The first kappa shape index (κ1) is 11.6. The Hall–Kier alpha value is -1.89. The molecule has 0 aliphatic carbocycles. The number of hydrogen-bond acceptors (Lipinski definition) is 4. The lowest BCUT2D eigenvalue weighted by atomic mass is 10.5. The molecular formula is C10H13N5OS. The van der Waals surface area contributed by atoms with Gasteiger partial charge in [0.1, 0.15) is 5.00 Å². The zero-order chi connectivity index (χ0) is 12.3. The van der Waals surface area contributed by atoms with Crippen LogP contribution in [0.1, 0.15) is 12.6 Å². The Morgan fingerprint density at radius 2 is 2.35 bits per heavy atom. The Balaban J connectivity index is 1.95. The van der Waals surface area contributed by atoms with Crippen LogP contribution in [0.4, 0.5) is 15.5 Å². The average molecular weight is 251 g/mol. The molecule has 0 atom stereocenters. The van der Waals surface area contributed by atoms with E-state index in [0.717, 1.165) is 17.2 Å². The Morgan fingerprint density at radius 3 is 2.94 bits per heavy atom. The second kappa shape index (κ2) is 4.96. The summed E-state index contributed by atoms with van der Waals surface area (Å²) in [5.74, 6) is 0. The summed E-state index contributed by atoms with van der Waals surface area (Å²) in [5, 5.41) is 10.3. The number of carbonyl (C=O) groups is 1. The summed E-state index contributed by atoms with van der Waals surface area (Å²) in [6.45, 7) is 4.61. The summed E-state index contributed by atoms with van der Waals surface area (Å²) in [4.78, 5) is 15.7. The van der Waals surface area contributed by atoms with E-state index in [2.05, 4.69) is 20.7 Å². The zero-order valence-corrected chi connectivity index (χ0v) is 10.4. The van der Waals surface area contributed by atoms with Crippen molar-refractivity contribution in [2.75, 3.05) is 10.6 Å². The van der Waals surface area contributed by atoms with Crippen molar-refractivity contribution in [1.29, 1.82) is 0 Å². The molecular weight excluding hydrogens is 238 g/mol. The second-order valence-electron chi connectivity index (χ2n) is 3.43. The van der Waals surface area contributed by atoms with Crippen molar-refractivity contribution in [3.8, 4) is 0 Å². The van der Waals surface area contributed by atoms with Crippen molar-refractivity contribution < 1.29 is 4.79 Å². The Morgan fingerprint density at radius 1 is 1.53 bits per heavy atom. The van der Waals surface area contributed by atoms with E-state index < -0.39 is 0 Å². The largest absolute Gasteiger partial charge is 0.324 e. The summed E-state index contributed by atoms with van der Waals surface area (Å²) in [6, 6.07) is -0.284. The predicted molar refractivity (Wildman–Crippen MR) is 67.4 cm³/mol. The molecule has 6 nitrogen and oxygen atoms in total. The third-order valence-electron chi connectivity index (χ3n) is 2.19. The number of amides is 2. The van der Waals surface area contributed by atoms with E-state index in [1.165, 1.54) is 11.3 Å². The third-order valence-corrected chi connectivity index (χ3v) is 3.03. The molecule has 0 spiro atoms. The van der Waals surface area contributed by atoms with Gasteiger partial charge in [-0.3, -0.25) is 10.00 Å². The fourth-order valence-corrected chi connectivity index (χ4v) is 1.98. The van der Waals surface area contributed by atoms with Crippen molar-refractivity contribution in [2.24, 2.45) is 0 Å². The molecule has 0 radical (unpaired) electrons. The number of rotatable bonds is 3.